The van der Waals surface area contributed by atoms with Gasteiger partial charge in [-0.2, -0.15) is 0 Å². The topological polar surface area (TPSA) is 43.1 Å². The molecule has 2 nitrogen and oxygen atoms in total. The summed E-state index contributed by atoms with van der Waals surface area (Å²) in [6, 6.07) is 10.1. The highest BCUT2D eigenvalue weighted by molar-refractivity contribution is 5.91. The van der Waals surface area contributed by atoms with Gasteiger partial charge in [-0.1, -0.05) is 50.1 Å². The van der Waals surface area contributed by atoms with Crippen LogP contribution in [-0.2, 0) is 10.2 Å². The molecule has 98 valence electrons. The van der Waals surface area contributed by atoms with E-state index in [1.54, 1.807) is 0 Å². The molecule has 1 aliphatic rings. The Balaban J connectivity index is 2.42. The van der Waals surface area contributed by atoms with Gasteiger partial charge in [0, 0.05) is 12.5 Å². The molecule has 1 aromatic rings. The molecule has 2 rings (SSSR count). The fraction of sp³-hybridized carbons (Fsp3) is 0.562. The van der Waals surface area contributed by atoms with Gasteiger partial charge < -0.3 is 5.73 Å². The Hall–Kier alpha value is -1.15. The molecule has 0 bridgehead atoms. The first-order chi connectivity index (χ1) is 8.71. The van der Waals surface area contributed by atoms with Crippen molar-refractivity contribution in [2.75, 3.05) is 0 Å². The van der Waals surface area contributed by atoms with Gasteiger partial charge in [-0.3, -0.25) is 4.79 Å². The van der Waals surface area contributed by atoms with E-state index in [1.807, 2.05) is 18.2 Å². The number of hydrogen-bond acceptors (Lipinski definition) is 2. The summed E-state index contributed by atoms with van der Waals surface area (Å²) in [5, 5.41) is 0. The van der Waals surface area contributed by atoms with Crippen LogP contribution in [0.4, 0.5) is 0 Å². The van der Waals surface area contributed by atoms with Gasteiger partial charge in [-0.15, -0.1) is 0 Å². The van der Waals surface area contributed by atoms with Crippen molar-refractivity contribution in [2.45, 2.75) is 56.9 Å². The lowest BCUT2D eigenvalue weighted by Gasteiger charge is -2.41. The Morgan fingerprint density at radius 2 is 2.00 bits per heavy atom. The lowest BCUT2D eigenvalue weighted by Crippen LogP contribution is -2.52. The molecule has 1 saturated carbocycles. The maximum Gasteiger partial charge on any atom is 0.144 e. The first-order valence-corrected chi connectivity index (χ1v) is 7.06. The van der Waals surface area contributed by atoms with E-state index in [9.17, 15) is 4.79 Å². The molecular formula is C16H23NO. The van der Waals surface area contributed by atoms with Gasteiger partial charge in [0.25, 0.3) is 0 Å². The maximum atomic E-state index is 12.6. The van der Waals surface area contributed by atoms with E-state index in [4.69, 9.17) is 5.73 Å². The normalized spacial score (nSPS) is 26.0. The fourth-order valence-electron chi connectivity index (χ4n) is 3.26. The molecule has 0 radical (unpaired) electrons. The lowest BCUT2D eigenvalue weighted by atomic mass is 9.63. The average Bonchev–Trinajstić information content (AvgIpc) is 2.41. The summed E-state index contributed by atoms with van der Waals surface area (Å²) >= 11 is 0. The first-order valence-electron chi connectivity index (χ1n) is 7.06. The third kappa shape index (κ3) is 2.22. The van der Waals surface area contributed by atoms with Crippen LogP contribution in [0.15, 0.2) is 30.3 Å². The van der Waals surface area contributed by atoms with Crippen molar-refractivity contribution in [1.82, 2.24) is 0 Å². The zero-order valence-corrected chi connectivity index (χ0v) is 11.2. The van der Waals surface area contributed by atoms with Crippen LogP contribution in [0.1, 0.15) is 51.0 Å². The molecule has 0 aromatic heterocycles. The summed E-state index contributed by atoms with van der Waals surface area (Å²) in [5.41, 5.74) is 7.10. The number of ketones is 1. The molecule has 2 atom stereocenters. The van der Waals surface area contributed by atoms with Crippen molar-refractivity contribution in [3.63, 3.8) is 0 Å². The largest absolute Gasteiger partial charge is 0.326 e. The van der Waals surface area contributed by atoms with E-state index in [-0.39, 0.29) is 6.04 Å². The van der Waals surface area contributed by atoms with Crippen LogP contribution < -0.4 is 5.73 Å². The van der Waals surface area contributed by atoms with Crippen LogP contribution >= 0.6 is 0 Å². The third-order valence-electron chi connectivity index (χ3n) is 4.24. The van der Waals surface area contributed by atoms with E-state index in [0.29, 0.717) is 12.2 Å². The quantitative estimate of drug-likeness (QED) is 0.885. The van der Waals surface area contributed by atoms with Gasteiger partial charge >= 0.3 is 0 Å². The molecule has 0 spiro atoms. The van der Waals surface area contributed by atoms with Crippen molar-refractivity contribution in [1.29, 1.82) is 0 Å². The van der Waals surface area contributed by atoms with E-state index in [2.05, 4.69) is 19.1 Å². The Morgan fingerprint density at radius 1 is 1.28 bits per heavy atom. The summed E-state index contributed by atoms with van der Waals surface area (Å²) in [6.45, 7) is 2.13. The number of hydrogen-bond donors (Lipinski definition) is 1. The molecule has 1 fully saturated rings. The van der Waals surface area contributed by atoms with Crippen molar-refractivity contribution >= 4 is 5.78 Å². The van der Waals surface area contributed by atoms with Gasteiger partial charge in [0.2, 0.25) is 0 Å². The summed E-state index contributed by atoms with van der Waals surface area (Å²) in [6.07, 6.45) is 5.68. The zero-order valence-electron chi connectivity index (χ0n) is 11.2. The predicted molar refractivity (Wildman–Crippen MR) is 74.5 cm³/mol. The van der Waals surface area contributed by atoms with E-state index < -0.39 is 5.41 Å². The zero-order chi connectivity index (χ0) is 13.0. The molecule has 0 amide bonds. The SMILES string of the molecule is CCCC(N)C1(c2ccccc2)CCCCC1=O. The second-order valence-electron chi connectivity index (χ2n) is 5.36. The predicted octanol–water partition coefficient (Wildman–Crippen LogP) is 3.19. The summed E-state index contributed by atoms with van der Waals surface area (Å²) < 4.78 is 0. The first kappa shape index (κ1) is 13.3. The van der Waals surface area contributed by atoms with Crippen molar-refractivity contribution in [3.05, 3.63) is 35.9 Å². The number of rotatable bonds is 4. The van der Waals surface area contributed by atoms with Gasteiger partial charge in [0.05, 0.1) is 5.41 Å². The van der Waals surface area contributed by atoms with E-state index in [1.165, 1.54) is 0 Å². The molecule has 1 aromatic carbocycles. The minimum absolute atomic E-state index is 0.0438. The molecular weight excluding hydrogens is 222 g/mol. The van der Waals surface area contributed by atoms with Crippen molar-refractivity contribution in [3.8, 4) is 0 Å². The molecule has 0 aliphatic heterocycles. The number of carbonyl (C=O) groups is 1. The minimum atomic E-state index is -0.421. The van der Waals surface area contributed by atoms with Crippen LogP contribution in [0.2, 0.25) is 0 Å². The van der Waals surface area contributed by atoms with Gasteiger partial charge in [-0.25, -0.2) is 0 Å². The Kier molecular flexibility index (Phi) is 4.18. The number of benzene rings is 1. The van der Waals surface area contributed by atoms with Crippen LogP contribution in [-0.4, -0.2) is 11.8 Å². The molecule has 2 unspecified atom stereocenters. The maximum absolute atomic E-state index is 12.6. The highest BCUT2D eigenvalue weighted by atomic mass is 16.1. The van der Waals surface area contributed by atoms with Crippen molar-refractivity contribution in [2.24, 2.45) is 5.73 Å². The third-order valence-corrected chi connectivity index (χ3v) is 4.24. The van der Waals surface area contributed by atoms with Crippen LogP contribution in [0.5, 0.6) is 0 Å². The second kappa shape index (κ2) is 5.66. The van der Waals surface area contributed by atoms with Crippen LogP contribution in [0, 0.1) is 0 Å². The Bertz CT molecular complexity index is 401. The Morgan fingerprint density at radius 3 is 2.61 bits per heavy atom. The van der Waals surface area contributed by atoms with Crippen LogP contribution in [0.3, 0.4) is 0 Å². The average molecular weight is 245 g/mol. The number of carbonyl (C=O) groups excluding carboxylic acids is 1. The molecule has 2 N–H and O–H groups in total. The van der Waals surface area contributed by atoms with Crippen LogP contribution in [0.25, 0.3) is 0 Å². The number of nitrogens with two attached hydrogens (primary N) is 1. The Labute approximate surface area is 110 Å². The van der Waals surface area contributed by atoms with Crippen molar-refractivity contribution < 1.29 is 4.79 Å². The standard InChI is InChI=1S/C16H23NO/c1-2-8-14(17)16(12-7-6-11-15(16)18)13-9-4-3-5-10-13/h3-5,9-10,14H,2,6-8,11-12,17H2,1H3. The number of Topliss-reactive ketones (excluding diaryl/α,β-unsaturated/α-hetero) is 1. The lowest BCUT2D eigenvalue weighted by molar-refractivity contribution is -0.127. The molecule has 2 heteroatoms. The second-order valence-corrected chi connectivity index (χ2v) is 5.36. The fourth-order valence-corrected chi connectivity index (χ4v) is 3.26. The van der Waals surface area contributed by atoms with E-state index in [0.717, 1.165) is 37.7 Å². The molecule has 0 saturated heterocycles. The van der Waals surface area contributed by atoms with Gasteiger partial charge in [-0.05, 0) is 24.8 Å². The van der Waals surface area contributed by atoms with Gasteiger partial charge in [0.1, 0.15) is 5.78 Å². The minimum Gasteiger partial charge on any atom is -0.326 e. The molecule has 18 heavy (non-hydrogen) atoms. The molecule has 0 heterocycles. The summed E-state index contributed by atoms with van der Waals surface area (Å²) in [7, 11) is 0. The van der Waals surface area contributed by atoms with E-state index >= 15 is 0 Å². The monoisotopic (exact) mass is 245 g/mol. The summed E-state index contributed by atoms with van der Waals surface area (Å²) in [4.78, 5) is 12.6. The molecule has 1 aliphatic carbocycles. The highest BCUT2D eigenvalue weighted by Gasteiger charge is 2.45. The van der Waals surface area contributed by atoms with Gasteiger partial charge in [0.15, 0.2) is 0 Å². The highest BCUT2D eigenvalue weighted by Crippen LogP contribution is 2.40. The summed E-state index contributed by atoms with van der Waals surface area (Å²) in [5.74, 6) is 0.348. The smallest absolute Gasteiger partial charge is 0.144 e.